The van der Waals surface area contributed by atoms with E-state index >= 15 is 0 Å². The number of aliphatic hydroxyl groups is 1. The second-order valence-electron chi connectivity index (χ2n) is 9.49. The molecule has 25 heavy (non-hydrogen) atoms. The Hall–Kier alpha value is -0.203. The van der Waals surface area contributed by atoms with E-state index in [1.807, 2.05) is 6.08 Å². The largest absolute Gasteiger partial charge is 0.411 e. The molecule has 0 aromatic carbocycles. The average molecular weight is 371 g/mol. The van der Waals surface area contributed by atoms with Crippen molar-refractivity contribution < 1.29 is 19.0 Å². The molecule has 1 N–H and O–H groups in total. The molecule has 2 saturated heterocycles. The van der Waals surface area contributed by atoms with Crippen molar-refractivity contribution in [3.8, 4) is 0 Å². The molecule has 2 aliphatic rings. The molecule has 0 saturated carbocycles. The molecule has 0 aromatic heterocycles. The monoisotopic (exact) mass is 370 g/mol. The molecule has 1 unspecified atom stereocenters. The van der Waals surface area contributed by atoms with Gasteiger partial charge in [-0.1, -0.05) is 40.7 Å². The third-order valence-electron chi connectivity index (χ3n) is 6.41. The molecule has 2 rings (SSSR count). The maximum absolute atomic E-state index is 9.20. The standard InChI is InChI=1S/C20H38O4Si/c1-9-13(2)19-17(24-25(7,8)20(4,5)6)10-14(3)15(23-19)11-16-18(12-21)22-16/h9,13-19,21H,1,10-12H2,2-8H3/t13-,14+,15+,16-,17-,18?,19-/m0/s1. The van der Waals surface area contributed by atoms with Crippen LogP contribution in [0.4, 0.5) is 0 Å². The minimum atomic E-state index is -1.85. The maximum atomic E-state index is 9.20. The highest BCUT2D eigenvalue weighted by Gasteiger charge is 2.47. The van der Waals surface area contributed by atoms with Crippen molar-refractivity contribution in [3.05, 3.63) is 12.7 Å². The first-order valence-corrected chi connectivity index (χ1v) is 12.6. The fourth-order valence-electron chi connectivity index (χ4n) is 3.41. The second-order valence-corrected chi connectivity index (χ2v) is 14.3. The summed E-state index contributed by atoms with van der Waals surface area (Å²) in [5.41, 5.74) is 0. The summed E-state index contributed by atoms with van der Waals surface area (Å²) < 4.78 is 18.8. The van der Waals surface area contributed by atoms with E-state index in [1.165, 1.54) is 0 Å². The number of ether oxygens (including phenoxy) is 2. The highest BCUT2D eigenvalue weighted by Crippen LogP contribution is 2.42. The van der Waals surface area contributed by atoms with Gasteiger partial charge in [0.1, 0.15) is 6.10 Å². The summed E-state index contributed by atoms with van der Waals surface area (Å²) in [6.45, 7) is 19.9. The zero-order valence-electron chi connectivity index (χ0n) is 17.1. The Morgan fingerprint density at radius 1 is 1.24 bits per heavy atom. The first kappa shape index (κ1) is 21.1. The van der Waals surface area contributed by atoms with Crippen molar-refractivity contribution in [2.75, 3.05) is 6.61 Å². The molecule has 0 spiro atoms. The lowest BCUT2D eigenvalue weighted by molar-refractivity contribution is -0.152. The van der Waals surface area contributed by atoms with Crippen LogP contribution in [0.2, 0.25) is 18.1 Å². The summed E-state index contributed by atoms with van der Waals surface area (Å²) in [5.74, 6) is 0.671. The molecule has 7 atom stereocenters. The van der Waals surface area contributed by atoms with Gasteiger partial charge >= 0.3 is 0 Å². The van der Waals surface area contributed by atoms with E-state index < -0.39 is 8.32 Å². The summed E-state index contributed by atoms with van der Waals surface area (Å²) in [6, 6.07) is 0. The van der Waals surface area contributed by atoms with Crippen molar-refractivity contribution in [1.29, 1.82) is 0 Å². The minimum absolute atomic E-state index is 0.00674. The van der Waals surface area contributed by atoms with Gasteiger partial charge in [-0.3, -0.25) is 0 Å². The Morgan fingerprint density at radius 3 is 2.36 bits per heavy atom. The Balaban J connectivity index is 2.08. The Labute approximate surface area is 155 Å². The van der Waals surface area contributed by atoms with Gasteiger partial charge in [0.25, 0.3) is 0 Å². The topological polar surface area (TPSA) is 51.2 Å². The fourth-order valence-corrected chi connectivity index (χ4v) is 4.75. The van der Waals surface area contributed by atoms with E-state index in [4.69, 9.17) is 13.9 Å². The van der Waals surface area contributed by atoms with Gasteiger partial charge in [-0.25, -0.2) is 0 Å². The van der Waals surface area contributed by atoms with Gasteiger partial charge < -0.3 is 19.0 Å². The average Bonchev–Trinajstić information content (AvgIpc) is 3.26. The van der Waals surface area contributed by atoms with Gasteiger partial charge in [-0.2, -0.15) is 0 Å². The van der Waals surface area contributed by atoms with E-state index in [-0.39, 0.29) is 48.1 Å². The van der Waals surface area contributed by atoms with Crippen molar-refractivity contribution in [2.24, 2.45) is 11.8 Å². The molecule has 2 fully saturated rings. The van der Waals surface area contributed by atoms with Crippen molar-refractivity contribution >= 4 is 8.32 Å². The summed E-state index contributed by atoms with van der Waals surface area (Å²) >= 11 is 0. The summed E-state index contributed by atoms with van der Waals surface area (Å²) in [4.78, 5) is 0. The highest BCUT2D eigenvalue weighted by molar-refractivity contribution is 6.74. The third-order valence-corrected chi connectivity index (χ3v) is 10.9. The van der Waals surface area contributed by atoms with E-state index in [0.717, 1.165) is 12.8 Å². The van der Waals surface area contributed by atoms with Gasteiger partial charge in [-0.05, 0) is 30.5 Å². The van der Waals surface area contributed by atoms with Crippen LogP contribution < -0.4 is 0 Å². The molecule has 2 aliphatic heterocycles. The number of rotatable bonds is 7. The van der Waals surface area contributed by atoms with Crippen LogP contribution in [0.1, 0.15) is 47.5 Å². The van der Waals surface area contributed by atoms with Crippen molar-refractivity contribution in [1.82, 2.24) is 0 Å². The van der Waals surface area contributed by atoms with Crippen LogP contribution in [0.3, 0.4) is 0 Å². The normalized spacial score (nSPS) is 37.6. The third kappa shape index (κ3) is 4.95. The smallest absolute Gasteiger partial charge is 0.192 e. The fraction of sp³-hybridized carbons (Fsp3) is 0.900. The Bertz CT molecular complexity index is 459. The van der Waals surface area contributed by atoms with Crippen LogP contribution in [-0.4, -0.2) is 50.6 Å². The number of hydrogen-bond acceptors (Lipinski definition) is 4. The molecule has 4 nitrogen and oxygen atoms in total. The molecule has 0 bridgehead atoms. The van der Waals surface area contributed by atoms with Crippen LogP contribution in [0.5, 0.6) is 0 Å². The van der Waals surface area contributed by atoms with Crippen molar-refractivity contribution in [2.45, 2.75) is 96.1 Å². The SMILES string of the molecule is C=C[C@H](C)[C@@H]1O[C@H](C[C@@H]2OC2CO)[C@H](C)C[C@@H]1O[Si](C)(C)C(C)(C)C. The molecule has 5 heteroatoms. The summed E-state index contributed by atoms with van der Waals surface area (Å²) in [7, 11) is -1.85. The van der Waals surface area contributed by atoms with Gasteiger partial charge in [0.15, 0.2) is 8.32 Å². The van der Waals surface area contributed by atoms with Crippen LogP contribution in [0.15, 0.2) is 12.7 Å². The van der Waals surface area contributed by atoms with Crippen molar-refractivity contribution in [3.63, 3.8) is 0 Å². The van der Waals surface area contributed by atoms with Crippen LogP contribution in [-0.2, 0) is 13.9 Å². The van der Waals surface area contributed by atoms with E-state index in [9.17, 15) is 5.11 Å². The van der Waals surface area contributed by atoms with Gasteiger partial charge in [0.05, 0.1) is 31.0 Å². The van der Waals surface area contributed by atoms with Crippen LogP contribution in [0, 0.1) is 11.8 Å². The molecular weight excluding hydrogens is 332 g/mol. The first-order chi connectivity index (χ1) is 11.5. The predicted octanol–water partition coefficient (Wildman–Crippen LogP) is 4.14. The van der Waals surface area contributed by atoms with Gasteiger partial charge in [0, 0.05) is 12.3 Å². The molecule has 0 amide bonds. The predicted molar refractivity (Wildman–Crippen MR) is 104 cm³/mol. The number of aliphatic hydroxyl groups excluding tert-OH is 1. The lowest BCUT2D eigenvalue weighted by Gasteiger charge is -2.47. The van der Waals surface area contributed by atoms with Gasteiger partial charge in [-0.15, -0.1) is 6.58 Å². The van der Waals surface area contributed by atoms with E-state index in [2.05, 4.69) is 54.3 Å². The lowest BCUT2D eigenvalue weighted by Crippen LogP contribution is -2.53. The van der Waals surface area contributed by atoms with E-state index in [1.54, 1.807) is 0 Å². The molecule has 146 valence electrons. The second kappa shape index (κ2) is 7.81. The Kier molecular flexibility index (Phi) is 6.59. The van der Waals surface area contributed by atoms with E-state index in [0.29, 0.717) is 5.92 Å². The highest BCUT2D eigenvalue weighted by atomic mass is 28.4. The summed E-state index contributed by atoms with van der Waals surface area (Å²) in [5, 5.41) is 9.39. The molecule has 0 radical (unpaired) electrons. The molecule has 2 heterocycles. The quantitative estimate of drug-likeness (QED) is 0.416. The molecular formula is C20H38O4Si. The Morgan fingerprint density at radius 2 is 1.88 bits per heavy atom. The van der Waals surface area contributed by atoms with Crippen LogP contribution in [0.25, 0.3) is 0 Å². The number of hydrogen-bond donors (Lipinski definition) is 1. The zero-order chi connectivity index (χ0) is 19.0. The molecule has 0 aromatic rings. The maximum Gasteiger partial charge on any atom is 0.192 e. The van der Waals surface area contributed by atoms with Crippen LogP contribution >= 0.6 is 0 Å². The number of epoxide rings is 1. The zero-order valence-corrected chi connectivity index (χ0v) is 18.1. The lowest BCUT2D eigenvalue weighted by atomic mass is 9.85. The summed E-state index contributed by atoms with van der Waals surface area (Å²) in [6.07, 6.45) is 4.32. The minimum Gasteiger partial charge on any atom is -0.411 e. The first-order valence-electron chi connectivity index (χ1n) is 9.72. The van der Waals surface area contributed by atoms with Gasteiger partial charge in [0.2, 0.25) is 0 Å². The molecule has 0 aliphatic carbocycles.